The van der Waals surface area contributed by atoms with Crippen LogP contribution in [-0.2, 0) is 25.7 Å². The molecule has 0 heterocycles. The zero-order valence-electron chi connectivity index (χ0n) is 34.8. The van der Waals surface area contributed by atoms with Gasteiger partial charge in [-0.3, -0.25) is 0 Å². The summed E-state index contributed by atoms with van der Waals surface area (Å²) in [5, 5.41) is 0. The van der Waals surface area contributed by atoms with Crippen LogP contribution in [0, 0.1) is 0 Å². The van der Waals surface area contributed by atoms with Crippen molar-refractivity contribution >= 4 is 8.60 Å². The van der Waals surface area contributed by atoms with Gasteiger partial charge in [-0.2, -0.15) is 0 Å². The summed E-state index contributed by atoms with van der Waals surface area (Å²) in [6.45, 7) is 9.15. The SMILES string of the molecule is CCCCCCCCCc1cccc(OP(O)Oc2cccc(CCCCCCCCC)c2CCCCCCCCC)c1CCCCCCCCC. The van der Waals surface area contributed by atoms with Crippen LogP contribution in [0.4, 0.5) is 0 Å². The van der Waals surface area contributed by atoms with Gasteiger partial charge in [-0.05, 0) is 85.8 Å². The zero-order valence-corrected chi connectivity index (χ0v) is 35.7. The first kappa shape index (κ1) is 46.6. The predicted molar refractivity (Wildman–Crippen MR) is 230 cm³/mol. The molecule has 4 heteroatoms. The maximum absolute atomic E-state index is 11.4. The molecule has 2 aromatic rings. The van der Waals surface area contributed by atoms with E-state index in [0.717, 1.165) is 37.2 Å². The number of hydrogen-bond donors (Lipinski definition) is 1. The van der Waals surface area contributed by atoms with Crippen molar-refractivity contribution in [1.29, 1.82) is 0 Å². The molecule has 0 saturated carbocycles. The highest BCUT2D eigenvalue weighted by Crippen LogP contribution is 2.41. The Morgan fingerprint density at radius 1 is 0.365 bits per heavy atom. The average molecular weight is 739 g/mol. The molecule has 0 fully saturated rings. The second kappa shape index (κ2) is 32.8. The Morgan fingerprint density at radius 2 is 0.635 bits per heavy atom. The number of rotatable bonds is 36. The molecule has 0 aliphatic rings. The van der Waals surface area contributed by atoms with Crippen LogP contribution in [0.1, 0.15) is 230 Å². The third-order valence-corrected chi connectivity index (χ3v) is 11.7. The highest BCUT2D eigenvalue weighted by Gasteiger charge is 2.19. The Hall–Kier alpha value is -1.57. The molecule has 2 rings (SSSR count). The van der Waals surface area contributed by atoms with Crippen molar-refractivity contribution in [3.8, 4) is 11.5 Å². The molecule has 52 heavy (non-hydrogen) atoms. The van der Waals surface area contributed by atoms with Gasteiger partial charge in [0.05, 0.1) is 0 Å². The molecule has 0 radical (unpaired) electrons. The third kappa shape index (κ3) is 22.0. The second-order valence-electron chi connectivity index (χ2n) is 15.7. The van der Waals surface area contributed by atoms with Crippen molar-refractivity contribution in [2.75, 3.05) is 0 Å². The lowest BCUT2D eigenvalue weighted by Crippen LogP contribution is -2.04. The molecule has 0 aromatic heterocycles. The monoisotopic (exact) mass is 739 g/mol. The normalized spacial score (nSPS) is 11.5. The van der Waals surface area contributed by atoms with Gasteiger partial charge in [0.25, 0.3) is 0 Å². The quantitative estimate of drug-likeness (QED) is 0.0559. The molecule has 0 amide bonds. The first-order chi connectivity index (χ1) is 25.6. The molecule has 1 N–H and O–H groups in total. The fourth-order valence-corrected chi connectivity index (χ4v) is 8.39. The lowest BCUT2D eigenvalue weighted by molar-refractivity contribution is 0.377. The van der Waals surface area contributed by atoms with Crippen LogP contribution < -0.4 is 9.05 Å². The first-order valence-electron chi connectivity index (χ1n) is 22.7. The molecular formula is C48H83O3P. The summed E-state index contributed by atoms with van der Waals surface area (Å²) in [6, 6.07) is 13.0. The van der Waals surface area contributed by atoms with Gasteiger partial charge in [0.1, 0.15) is 11.5 Å². The van der Waals surface area contributed by atoms with E-state index < -0.39 is 8.60 Å². The number of aryl methyl sites for hydroxylation is 2. The molecule has 298 valence electrons. The van der Waals surface area contributed by atoms with Crippen LogP contribution in [-0.4, -0.2) is 4.89 Å². The third-order valence-electron chi connectivity index (χ3n) is 11.0. The zero-order chi connectivity index (χ0) is 37.3. The minimum Gasteiger partial charge on any atom is -0.418 e. The van der Waals surface area contributed by atoms with Gasteiger partial charge in [-0.15, -0.1) is 0 Å². The summed E-state index contributed by atoms with van der Waals surface area (Å²) in [6.07, 6.45) is 40.8. The Morgan fingerprint density at radius 3 is 0.942 bits per heavy atom. The molecule has 0 aliphatic carbocycles. The molecular weight excluding hydrogens is 655 g/mol. The lowest BCUT2D eigenvalue weighted by atomic mass is 9.95. The van der Waals surface area contributed by atoms with Crippen molar-refractivity contribution in [1.82, 2.24) is 0 Å². The van der Waals surface area contributed by atoms with E-state index in [2.05, 4.69) is 64.1 Å². The van der Waals surface area contributed by atoms with E-state index in [9.17, 15) is 4.89 Å². The largest absolute Gasteiger partial charge is 0.460 e. The van der Waals surface area contributed by atoms with Crippen molar-refractivity contribution in [2.45, 2.75) is 233 Å². The molecule has 0 bridgehead atoms. The number of unbranched alkanes of at least 4 members (excludes halogenated alkanes) is 24. The smallest absolute Gasteiger partial charge is 0.418 e. The van der Waals surface area contributed by atoms with Gasteiger partial charge in [0, 0.05) is 0 Å². The molecule has 0 atom stereocenters. The fourth-order valence-electron chi connectivity index (χ4n) is 7.68. The van der Waals surface area contributed by atoms with E-state index in [0.29, 0.717) is 0 Å². The molecule has 0 saturated heterocycles. The van der Waals surface area contributed by atoms with Crippen LogP contribution in [0.15, 0.2) is 36.4 Å². The fraction of sp³-hybridized carbons (Fsp3) is 0.750. The van der Waals surface area contributed by atoms with Crippen LogP contribution in [0.5, 0.6) is 11.5 Å². The molecule has 0 spiro atoms. The maximum atomic E-state index is 11.4. The highest BCUT2D eigenvalue weighted by atomic mass is 31.2. The highest BCUT2D eigenvalue weighted by molar-refractivity contribution is 7.41. The van der Waals surface area contributed by atoms with Gasteiger partial charge in [0.15, 0.2) is 0 Å². The minimum absolute atomic E-state index is 0.827. The lowest BCUT2D eigenvalue weighted by Gasteiger charge is -2.20. The predicted octanol–water partition coefficient (Wildman–Crippen LogP) is 16.5. The Kier molecular flexibility index (Phi) is 29.4. The Balaban J connectivity index is 2.12. The van der Waals surface area contributed by atoms with Crippen LogP contribution in [0.3, 0.4) is 0 Å². The number of benzene rings is 2. The second-order valence-corrected chi connectivity index (χ2v) is 16.5. The Bertz CT molecular complexity index is 1020. The van der Waals surface area contributed by atoms with Crippen molar-refractivity contribution in [2.24, 2.45) is 0 Å². The van der Waals surface area contributed by atoms with Crippen LogP contribution >= 0.6 is 8.60 Å². The van der Waals surface area contributed by atoms with E-state index in [1.807, 2.05) is 0 Å². The number of hydrogen-bond acceptors (Lipinski definition) is 3. The summed E-state index contributed by atoms with van der Waals surface area (Å²) in [5.41, 5.74) is 5.39. The van der Waals surface area contributed by atoms with E-state index in [-0.39, 0.29) is 0 Å². The van der Waals surface area contributed by atoms with Crippen LogP contribution in [0.2, 0.25) is 0 Å². The summed E-state index contributed by atoms with van der Waals surface area (Å²) in [5.74, 6) is 1.65. The van der Waals surface area contributed by atoms with Gasteiger partial charge in [0.2, 0.25) is 0 Å². The van der Waals surface area contributed by atoms with Crippen molar-refractivity contribution in [3.05, 3.63) is 58.7 Å². The van der Waals surface area contributed by atoms with Gasteiger partial charge < -0.3 is 13.9 Å². The van der Waals surface area contributed by atoms with Gasteiger partial charge in [-0.25, -0.2) is 0 Å². The van der Waals surface area contributed by atoms with E-state index in [4.69, 9.17) is 9.05 Å². The first-order valence-corrected chi connectivity index (χ1v) is 23.8. The van der Waals surface area contributed by atoms with E-state index >= 15 is 0 Å². The van der Waals surface area contributed by atoms with E-state index in [1.165, 1.54) is 202 Å². The summed E-state index contributed by atoms with van der Waals surface area (Å²) in [4.78, 5) is 11.4. The summed E-state index contributed by atoms with van der Waals surface area (Å²) >= 11 is 0. The molecule has 2 aromatic carbocycles. The van der Waals surface area contributed by atoms with Gasteiger partial charge >= 0.3 is 8.60 Å². The van der Waals surface area contributed by atoms with Crippen molar-refractivity contribution in [3.63, 3.8) is 0 Å². The van der Waals surface area contributed by atoms with E-state index in [1.54, 1.807) is 0 Å². The van der Waals surface area contributed by atoms with Crippen molar-refractivity contribution < 1.29 is 13.9 Å². The average Bonchev–Trinajstić information content (AvgIpc) is 3.14. The molecule has 3 nitrogen and oxygen atoms in total. The Labute approximate surface area is 324 Å². The minimum atomic E-state index is -2.10. The summed E-state index contributed by atoms with van der Waals surface area (Å²) < 4.78 is 12.8. The summed E-state index contributed by atoms with van der Waals surface area (Å²) in [7, 11) is -2.10. The molecule has 0 aliphatic heterocycles. The topological polar surface area (TPSA) is 38.7 Å². The van der Waals surface area contributed by atoms with Crippen LogP contribution in [0.25, 0.3) is 0 Å². The standard InChI is InChI=1S/C48H83O3P/c1-5-9-13-17-21-25-29-35-43-37-33-41-47(45(43)39-31-27-23-19-15-11-7-3)50-52(49)51-48-42-34-38-44(36-30-26-22-18-14-10-6-2)46(48)40-32-28-24-20-16-12-8-4/h33-34,37-38,41-42,49H,5-32,35-36,39-40H2,1-4H3. The molecule has 0 unspecified atom stereocenters. The van der Waals surface area contributed by atoms with Gasteiger partial charge in [-0.1, -0.05) is 206 Å². The maximum Gasteiger partial charge on any atom is 0.460 e.